The highest BCUT2D eigenvalue weighted by atomic mass is 16.5. The average molecular weight is 318 g/mol. The summed E-state index contributed by atoms with van der Waals surface area (Å²) in [6.07, 6.45) is 0.457. The Bertz CT molecular complexity index is 626. The second-order valence-corrected chi connectivity index (χ2v) is 5.04. The van der Waals surface area contributed by atoms with Crippen LogP contribution in [0, 0.1) is 0 Å². The Balaban J connectivity index is 2.21. The van der Waals surface area contributed by atoms with Crippen LogP contribution in [-0.4, -0.2) is 59.1 Å². The van der Waals surface area contributed by atoms with Gasteiger partial charge >= 0.3 is 6.09 Å². The van der Waals surface area contributed by atoms with Gasteiger partial charge in [-0.3, -0.25) is 19.4 Å². The number of benzene rings is 1. The molecule has 0 saturated carbocycles. The van der Waals surface area contributed by atoms with Gasteiger partial charge in [-0.25, -0.2) is 4.79 Å². The van der Waals surface area contributed by atoms with Crippen LogP contribution in [0.15, 0.2) is 36.9 Å². The molecule has 1 heterocycles. The average Bonchev–Trinajstić information content (AvgIpc) is 2.56. The lowest BCUT2D eigenvalue weighted by atomic mass is 10.1. The fourth-order valence-electron chi connectivity index (χ4n) is 2.49. The lowest BCUT2D eigenvalue weighted by Gasteiger charge is -2.37. The summed E-state index contributed by atoms with van der Waals surface area (Å²) in [6, 6.07) is 5.49. The second kappa shape index (κ2) is 6.95. The molecule has 1 unspecified atom stereocenters. The van der Waals surface area contributed by atoms with Gasteiger partial charge in [0, 0.05) is 18.7 Å². The normalized spacial score (nSPS) is 17.8. The molecule has 0 aromatic heterocycles. The number of methoxy groups -OCH3 is 1. The van der Waals surface area contributed by atoms with Gasteiger partial charge < -0.3 is 9.84 Å². The van der Waals surface area contributed by atoms with E-state index in [9.17, 15) is 19.5 Å². The SMILES string of the molecule is C=CCC1C(=O)N(C(=O)c2ccc(OC)cc2)CCN1C(=O)O. The summed E-state index contributed by atoms with van der Waals surface area (Å²) in [5, 5.41) is 9.17. The smallest absolute Gasteiger partial charge is 0.408 e. The lowest BCUT2D eigenvalue weighted by molar-refractivity contribution is -0.137. The molecule has 122 valence electrons. The highest BCUT2D eigenvalue weighted by Crippen LogP contribution is 2.19. The van der Waals surface area contributed by atoms with E-state index in [0.717, 1.165) is 9.80 Å². The van der Waals surface area contributed by atoms with Gasteiger partial charge in [-0.15, -0.1) is 6.58 Å². The molecule has 1 aliphatic rings. The number of carbonyl (C=O) groups is 3. The molecule has 1 atom stereocenters. The van der Waals surface area contributed by atoms with Crippen LogP contribution in [0.3, 0.4) is 0 Å². The number of ether oxygens (including phenoxy) is 1. The van der Waals surface area contributed by atoms with E-state index in [4.69, 9.17) is 4.74 Å². The first kappa shape index (κ1) is 16.5. The summed E-state index contributed by atoms with van der Waals surface area (Å²) >= 11 is 0. The van der Waals surface area contributed by atoms with E-state index in [1.165, 1.54) is 13.2 Å². The third kappa shape index (κ3) is 3.33. The molecular weight excluding hydrogens is 300 g/mol. The number of carbonyl (C=O) groups excluding carboxylic acids is 2. The molecule has 7 nitrogen and oxygen atoms in total. The van der Waals surface area contributed by atoms with Crippen molar-refractivity contribution in [2.24, 2.45) is 0 Å². The molecule has 0 aliphatic carbocycles. The van der Waals surface area contributed by atoms with Crippen LogP contribution in [-0.2, 0) is 4.79 Å². The van der Waals surface area contributed by atoms with Gasteiger partial charge in [0.15, 0.2) is 0 Å². The Hall–Kier alpha value is -2.83. The summed E-state index contributed by atoms with van der Waals surface area (Å²) in [4.78, 5) is 38.4. The zero-order valence-corrected chi connectivity index (χ0v) is 12.8. The summed E-state index contributed by atoms with van der Waals surface area (Å²) in [7, 11) is 1.52. The van der Waals surface area contributed by atoms with Crippen LogP contribution < -0.4 is 4.74 Å². The molecule has 1 fully saturated rings. The standard InChI is InChI=1S/C16H18N2O5/c1-3-4-13-15(20)18(10-9-17(13)16(21)22)14(19)11-5-7-12(23-2)8-6-11/h3,5-8,13H,1,4,9-10H2,2H3,(H,21,22). The minimum Gasteiger partial charge on any atom is -0.497 e. The topological polar surface area (TPSA) is 87.2 Å². The summed E-state index contributed by atoms with van der Waals surface area (Å²) < 4.78 is 5.03. The number of imide groups is 1. The van der Waals surface area contributed by atoms with Gasteiger partial charge in [0.05, 0.1) is 7.11 Å². The highest BCUT2D eigenvalue weighted by molar-refractivity contribution is 6.07. The van der Waals surface area contributed by atoms with Gasteiger partial charge in [-0.05, 0) is 30.7 Å². The molecule has 23 heavy (non-hydrogen) atoms. The van der Waals surface area contributed by atoms with Crippen LogP contribution >= 0.6 is 0 Å². The Morgan fingerprint density at radius 1 is 1.35 bits per heavy atom. The van der Waals surface area contributed by atoms with Crippen molar-refractivity contribution < 1.29 is 24.2 Å². The Morgan fingerprint density at radius 2 is 2.00 bits per heavy atom. The zero-order valence-electron chi connectivity index (χ0n) is 12.8. The van der Waals surface area contributed by atoms with Crippen LogP contribution in [0.5, 0.6) is 5.75 Å². The fourth-order valence-corrected chi connectivity index (χ4v) is 2.49. The van der Waals surface area contributed by atoms with E-state index in [0.29, 0.717) is 11.3 Å². The Morgan fingerprint density at radius 3 is 2.52 bits per heavy atom. The first-order valence-electron chi connectivity index (χ1n) is 7.09. The van der Waals surface area contributed by atoms with Gasteiger partial charge in [0.1, 0.15) is 11.8 Å². The molecule has 0 spiro atoms. The molecular formula is C16H18N2O5. The third-order valence-electron chi connectivity index (χ3n) is 3.71. The van der Waals surface area contributed by atoms with E-state index >= 15 is 0 Å². The van der Waals surface area contributed by atoms with E-state index in [2.05, 4.69) is 6.58 Å². The number of rotatable bonds is 4. The van der Waals surface area contributed by atoms with Gasteiger partial charge in [0.2, 0.25) is 0 Å². The van der Waals surface area contributed by atoms with E-state index < -0.39 is 23.9 Å². The molecule has 1 N–H and O–H groups in total. The minimum absolute atomic E-state index is 0.0314. The molecule has 7 heteroatoms. The monoisotopic (exact) mass is 318 g/mol. The quantitative estimate of drug-likeness (QED) is 0.673. The number of hydrogen-bond donors (Lipinski definition) is 1. The van der Waals surface area contributed by atoms with Crippen molar-refractivity contribution in [1.29, 1.82) is 0 Å². The van der Waals surface area contributed by atoms with E-state index in [1.807, 2.05) is 0 Å². The molecule has 2 rings (SSSR count). The van der Waals surface area contributed by atoms with Crippen molar-refractivity contribution in [3.05, 3.63) is 42.5 Å². The number of hydrogen-bond acceptors (Lipinski definition) is 4. The summed E-state index contributed by atoms with van der Waals surface area (Å²) in [6.45, 7) is 3.66. The van der Waals surface area contributed by atoms with Crippen molar-refractivity contribution >= 4 is 17.9 Å². The largest absolute Gasteiger partial charge is 0.497 e. The second-order valence-electron chi connectivity index (χ2n) is 5.04. The molecule has 1 aliphatic heterocycles. The summed E-state index contributed by atoms with van der Waals surface area (Å²) in [5.74, 6) is -0.371. The molecule has 1 aromatic carbocycles. The zero-order chi connectivity index (χ0) is 17.0. The van der Waals surface area contributed by atoms with Crippen molar-refractivity contribution in [1.82, 2.24) is 9.80 Å². The number of carboxylic acid groups (broad SMARTS) is 1. The minimum atomic E-state index is -1.18. The number of piperazine rings is 1. The van der Waals surface area contributed by atoms with Crippen LogP contribution in [0.1, 0.15) is 16.8 Å². The third-order valence-corrected chi connectivity index (χ3v) is 3.71. The molecule has 0 bridgehead atoms. The van der Waals surface area contributed by atoms with Crippen molar-refractivity contribution in [3.8, 4) is 5.75 Å². The summed E-state index contributed by atoms with van der Waals surface area (Å²) in [5.41, 5.74) is 0.347. The van der Waals surface area contributed by atoms with Crippen molar-refractivity contribution in [3.63, 3.8) is 0 Å². The van der Waals surface area contributed by atoms with E-state index in [1.54, 1.807) is 24.3 Å². The van der Waals surface area contributed by atoms with Crippen molar-refractivity contribution in [2.75, 3.05) is 20.2 Å². The van der Waals surface area contributed by atoms with Gasteiger partial charge in [0.25, 0.3) is 11.8 Å². The molecule has 1 aromatic rings. The van der Waals surface area contributed by atoms with Crippen LogP contribution in [0.25, 0.3) is 0 Å². The molecule has 0 radical (unpaired) electrons. The predicted molar refractivity (Wildman–Crippen MR) is 82.4 cm³/mol. The molecule has 1 saturated heterocycles. The maximum Gasteiger partial charge on any atom is 0.408 e. The predicted octanol–water partition coefficient (Wildman–Crippen LogP) is 1.60. The van der Waals surface area contributed by atoms with Crippen LogP contribution in [0.2, 0.25) is 0 Å². The highest BCUT2D eigenvalue weighted by Gasteiger charge is 2.39. The fraction of sp³-hybridized carbons (Fsp3) is 0.312. The Kier molecular flexibility index (Phi) is 5.00. The first-order valence-corrected chi connectivity index (χ1v) is 7.09. The van der Waals surface area contributed by atoms with Gasteiger partial charge in [-0.2, -0.15) is 0 Å². The van der Waals surface area contributed by atoms with Crippen molar-refractivity contribution in [2.45, 2.75) is 12.5 Å². The number of amides is 3. The van der Waals surface area contributed by atoms with Crippen LogP contribution in [0.4, 0.5) is 4.79 Å². The lowest BCUT2D eigenvalue weighted by Crippen LogP contribution is -2.59. The molecule has 3 amide bonds. The first-order chi connectivity index (χ1) is 11.0. The van der Waals surface area contributed by atoms with Gasteiger partial charge in [-0.1, -0.05) is 6.08 Å². The maximum absolute atomic E-state index is 12.5. The Labute approximate surface area is 133 Å². The van der Waals surface area contributed by atoms with E-state index in [-0.39, 0.29) is 19.5 Å². The number of nitrogens with zero attached hydrogens (tertiary/aromatic N) is 2. The maximum atomic E-state index is 12.5.